The van der Waals surface area contributed by atoms with Crippen LogP contribution in [0.4, 0.5) is 5.69 Å². The number of hydrogen-bond acceptors (Lipinski definition) is 3. The van der Waals surface area contributed by atoms with Crippen LogP contribution in [0.2, 0.25) is 0 Å². The highest BCUT2D eigenvalue weighted by Gasteiger charge is 2.15. The molecule has 4 heteroatoms. The predicted octanol–water partition coefficient (Wildman–Crippen LogP) is 1.67. The van der Waals surface area contributed by atoms with Gasteiger partial charge in [-0.05, 0) is 22.0 Å². The van der Waals surface area contributed by atoms with E-state index in [0.29, 0.717) is 0 Å². The topological polar surface area (TPSA) is 25.4 Å². The van der Waals surface area contributed by atoms with Gasteiger partial charge in [0.15, 0.2) is 0 Å². The third-order valence-corrected chi connectivity index (χ3v) is 2.31. The van der Waals surface area contributed by atoms with Gasteiger partial charge in [0.1, 0.15) is 12.3 Å². The van der Waals surface area contributed by atoms with E-state index in [2.05, 4.69) is 25.8 Å². The summed E-state index contributed by atoms with van der Waals surface area (Å²) in [7, 11) is 2.04. The van der Waals surface area contributed by atoms with Crippen LogP contribution in [0.15, 0.2) is 16.7 Å². The second-order valence-corrected chi connectivity index (χ2v) is 3.66. The molecule has 0 unspecified atom stereocenters. The zero-order valence-electron chi connectivity index (χ0n) is 6.75. The minimum Gasteiger partial charge on any atom is -0.474 e. The second-order valence-electron chi connectivity index (χ2n) is 2.75. The van der Waals surface area contributed by atoms with Gasteiger partial charge in [0, 0.05) is 17.7 Å². The average molecular weight is 229 g/mol. The monoisotopic (exact) mass is 228 g/mol. The fourth-order valence-electron chi connectivity index (χ4n) is 1.20. The highest BCUT2D eigenvalue weighted by Crippen LogP contribution is 2.30. The van der Waals surface area contributed by atoms with Crippen molar-refractivity contribution in [2.75, 3.05) is 25.1 Å². The molecule has 1 aromatic heterocycles. The van der Waals surface area contributed by atoms with Gasteiger partial charge in [-0.3, -0.25) is 0 Å². The van der Waals surface area contributed by atoms with Gasteiger partial charge >= 0.3 is 0 Å². The van der Waals surface area contributed by atoms with E-state index < -0.39 is 0 Å². The number of pyridine rings is 1. The molecule has 0 amide bonds. The third-order valence-electron chi connectivity index (χ3n) is 1.88. The molecule has 0 atom stereocenters. The zero-order chi connectivity index (χ0) is 8.55. The van der Waals surface area contributed by atoms with Crippen molar-refractivity contribution < 1.29 is 4.74 Å². The van der Waals surface area contributed by atoms with Gasteiger partial charge in [0.05, 0.1) is 6.54 Å². The van der Waals surface area contributed by atoms with E-state index in [4.69, 9.17) is 4.74 Å². The summed E-state index contributed by atoms with van der Waals surface area (Å²) in [6.45, 7) is 1.64. The third kappa shape index (κ3) is 1.27. The van der Waals surface area contributed by atoms with Crippen LogP contribution in [0.3, 0.4) is 0 Å². The highest BCUT2D eigenvalue weighted by atomic mass is 79.9. The van der Waals surface area contributed by atoms with E-state index in [1.165, 1.54) is 0 Å². The standard InChI is InChI=1S/C8H9BrN2O/c1-11-2-3-12-8-7(11)4-6(9)5-10-8/h4-5H,2-3H2,1H3. The Morgan fingerprint density at radius 3 is 3.33 bits per heavy atom. The summed E-state index contributed by atoms with van der Waals surface area (Å²) in [5, 5.41) is 0. The fraction of sp³-hybridized carbons (Fsp3) is 0.375. The smallest absolute Gasteiger partial charge is 0.237 e. The van der Waals surface area contributed by atoms with Gasteiger partial charge in [0.25, 0.3) is 0 Å². The van der Waals surface area contributed by atoms with Gasteiger partial charge in [-0.2, -0.15) is 0 Å². The molecule has 1 aliphatic rings. The van der Waals surface area contributed by atoms with Crippen LogP contribution in [-0.2, 0) is 0 Å². The van der Waals surface area contributed by atoms with Crippen LogP contribution in [0.25, 0.3) is 0 Å². The summed E-state index contributed by atoms with van der Waals surface area (Å²) < 4.78 is 6.36. The van der Waals surface area contributed by atoms with E-state index in [1.807, 2.05) is 13.1 Å². The maximum absolute atomic E-state index is 5.38. The minimum absolute atomic E-state index is 0.720. The van der Waals surface area contributed by atoms with Gasteiger partial charge < -0.3 is 9.64 Å². The Hall–Kier alpha value is -0.770. The van der Waals surface area contributed by atoms with Gasteiger partial charge in [-0.1, -0.05) is 0 Å². The Labute approximate surface area is 79.5 Å². The molecule has 2 rings (SSSR count). The summed E-state index contributed by atoms with van der Waals surface area (Å²) in [6, 6.07) is 2.02. The van der Waals surface area contributed by atoms with Crippen LogP contribution >= 0.6 is 15.9 Å². The molecule has 3 nitrogen and oxygen atoms in total. The molecule has 0 saturated carbocycles. The minimum atomic E-state index is 0.720. The molecule has 0 fully saturated rings. The molecular weight excluding hydrogens is 220 g/mol. The van der Waals surface area contributed by atoms with Crippen molar-refractivity contribution in [3.8, 4) is 5.88 Å². The van der Waals surface area contributed by atoms with Crippen molar-refractivity contribution in [2.24, 2.45) is 0 Å². The lowest BCUT2D eigenvalue weighted by molar-refractivity contribution is 0.298. The molecule has 0 N–H and O–H groups in total. The number of aromatic nitrogens is 1. The lowest BCUT2D eigenvalue weighted by Gasteiger charge is -2.26. The average Bonchev–Trinajstić information content (AvgIpc) is 2.07. The lowest BCUT2D eigenvalue weighted by Crippen LogP contribution is -2.29. The first-order valence-corrected chi connectivity index (χ1v) is 4.56. The van der Waals surface area contributed by atoms with E-state index in [1.54, 1.807) is 6.20 Å². The van der Waals surface area contributed by atoms with Crippen LogP contribution < -0.4 is 9.64 Å². The predicted molar refractivity (Wildman–Crippen MR) is 50.7 cm³/mol. The molecule has 1 aliphatic heterocycles. The molecule has 0 spiro atoms. The maximum atomic E-state index is 5.38. The van der Waals surface area contributed by atoms with Gasteiger partial charge in [0.2, 0.25) is 5.88 Å². The molecular formula is C8H9BrN2O. The summed E-state index contributed by atoms with van der Waals surface area (Å²) in [5.41, 5.74) is 1.05. The Bertz CT molecular complexity index is 303. The molecule has 1 aromatic rings. The van der Waals surface area contributed by atoms with Crippen molar-refractivity contribution in [3.05, 3.63) is 16.7 Å². The number of likely N-dealkylation sites (N-methyl/N-ethyl adjacent to an activating group) is 1. The largest absolute Gasteiger partial charge is 0.474 e. The van der Waals surface area contributed by atoms with Crippen molar-refractivity contribution in [3.63, 3.8) is 0 Å². The Kier molecular flexibility index (Phi) is 1.92. The van der Waals surface area contributed by atoms with Crippen LogP contribution in [0.1, 0.15) is 0 Å². The first kappa shape index (κ1) is 7.86. The highest BCUT2D eigenvalue weighted by molar-refractivity contribution is 9.10. The van der Waals surface area contributed by atoms with Crippen LogP contribution in [0, 0.1) is 0 Å². The number of fused-ring (bicyclic) bond motifs is 1. The zero-order valence-corrected chi connectivity index (χ0v) is 8.34. The number of nitrogens with zero attached hydrogens (tertiary/aromatic N) is 2. The molecule has 0 aliphatic carbocycles. The van der Waals surface area contributed by atoms with Gasteiger partial charge in [-0.15, -0.1) is 0 Å². The molecule has 64 valence electrons. The lowest BCUT2D eigenvalue weighted by atomic mass is 10.3. The van der Waals surface area contributed by atoms with Crippen molar-refractivity contribution in [1.29, 1.82) is 0 Å². The summed E-state index contributed by atoms with van der Waals surface area (Å²) in [5.74, 6) is 0.729. The molecule has 0 bridgehead atoms. The van der Waals surface area contributed by atoms with Crippen LogP contribution in [-0.4, -0.2) is 25.2 Å². The Morgan fingerprint density at radius 1 is 1.67 bits per heavy atom. The summed E-state index contributed by atoms with van der Waals surface area (Å²) in [6.07, 6.45) is 1.75. The summed E-state index contributed by atoms with van der Waals surface area (Å²) >= 11 is 3.37. The van der Waals surface area contributed by atoms with E-state index in [9.17, 15) is 0 Å². The second kappa shape index (κ2) is 2.94. The number of halogens is 1. The van der Waals surface area contributed by atoms with E-state index >= 15 is 0 Å². The SMILES string of the molecule is CN1CCOc2ncc(Br)cc21. The number of ether oxygens (including phenoxy) is 1. The first-order valence-electron chi connectivity index (χ1n) is 3.77. The molecule has 12 heavy (non-hydrogen) atoms. The number of rotatable bonds is 0. The van der Waals surface area contributed by atoms with E-state index in [0.717, 1.165) is 29.2 Å². The maximum Gasteiger partial charge on any atom is 0.237 e. The molecule has 0 aromatic carbocycles. The normalized spacial score (nSPS) is 15.3. The van der Waals surface area contributed by atoms with Crippen molar-refractivity contribution in [2.45, 2.75) is 0 Å². The van der Waals surface area contributed by atoms with Crippen LogP contribution in [0.5, 0.6) is 5.88 Å². The summed E-state index contributed by atoms with van der Waals surface area (Å²) in [4.78, 5) is 6.29. The Balaban J connectivity index is 2.47. The number of anilines is 1. The fourth-order valence-corrected chi connectivity index (χ4v) is 1.52. The van der Waals surface area contributed by atoms with Gasteiger partial charge in [-0.25, -0.2) is 4.98 Å². The van der Waals surface area contributed by atoms with Crippen molar-refractivity contribution >= 4 is 21.6 Å². The van der Waals surface area contributed by atoms with E-state index in [-0.39, 0.29) is 0 Å². The first-order chi connectivity index (χ1) is 5.77. The Morgan fingerprint density at radius 2 is 2.50 bits per heavy atom. The number of hydrogen-bond donors (Lipinski definition) is 0. The molecule has 2 heterocycles. The molecule has 0 radical (unpaired) electrons. The quantitative estimate of drug-likeness (QED) is 0.676. The van der Waals surface area contributed by atoms with Crippen molar-refractivity contribution in [1.82, 2.24) is 4.98 Å². The molecule has 0 saturated heterocycles.